The molecule has 0 aromatic heterocycles. The van der Waals surface area contributed by atoms with Crippen LogP contribution in [-0.4, -0.2) is 26.8 Å². The Morgan fingerprint density at radius 2 is 2.06 bits per heavy atom. The number of nitrogens with one attached hydrogen (secondary N) is 1. The predicted molar refractivity (Wildman–Crippen MR) is 72.2 cm³/mol. The summed E-state index contributed by atoms with van der Waals surface area (Å²) >= 11 is 0. The van der Waals surface area contributed by atoms with E-state index in [-0.39, 0.29) is 0 Å². The molecule has 0 aromatic rings. The highest BCUT2D eigenvalue weighted by atomic mass is 16.5. The second kappa shape index (κ2) is 6.19. The zero-order chi connectivity index (χ0) is 12.1. The fraction of sp³-hybridized carbons (Fsp3) is 1.00. The second-order valence-electron chi connectivity index (χ2n) is 6.19. The average molecular weight is 239 g/mol. The molecule has 1 spiro atoms. The van der Waals surface area contributed by atoms with Crippen LogP contribution in [0.5, 0.6) is 0 Å². The zero-order valence-corrected chi connectivity index (χ0v) is 11.6. The predicted octanol–water partition coefficient (Wildman–Crippen LogP) is 3.22. The van der Waals surface area contributed by atoms with E-state index in [1.807, 2.05) is 0 Å². The van der Waals surface area contributed by atoms with Crippen molar-refractivity contribution in [1.82, 2.24) is 5.32 Å². The molecule has 0 bridgehead atoms. The van der Waals surface area contributed by atoms with Crippen molar-refractivity contribution >= 4 is 0 Å². The van der Waals surface area contributed by atoms with Gasteiger partial charge in [0.15, 0.2) is 0 Å². The average Bonchev–Trinajstić information content (AvgIpc) is 3.02. The van der Waals surface area contributed by atoms with Gasteiger partial charge in [-0.1, -0.05) is 19.8 Å². The first kappa shape index (κ1) is 13.4. The molecule has 0 aliphatic heterocycles. The summed E-state index contributed by atoms with van der Waals surface area (Å²) in [6.45, 7) is 5.41. The van der Waals surface area contributed by atoms with Crippen LogP contribution >= 0.6 is 0 Å². The summed E-state index contributed by atoms with van der Waals surface area (Å²) in [5.74, 6) is 2.02. The standard InChI is InChI=1S/C15H29NO/c1-3-4-13-5-7-15(8-6-13)11-14(15)12-16-9-10-17-2/h13-14,16H,3-12H2,1-2H3. The Labute approximate surface area is 107 Å². The lowest BCUT2D eigenvalue weighted by molar-refractivity contribution is 0.196. The van der Waals surface area contributed by atoms with Crippen molar-refractivity contribution in [2.75, 3.05) is 26.8 Å². The van der Waals surface area contributed by atoms with Gasteiger partial charge in [-0.3, -0.25) is 0 Å². The Hall–Kier alpha value is -0.0800. The topological polar surface area (TPSA) is 21.3 Å². The van der Waals surface area contributed by atoms with Crippen LogP contribution in [0, 0.1) is 17.3 Å². The SMILES string of the molecule is CCCC1CCC2(CC1)CC2CNCCOC. The summed E-state index contributed by atoms with van der Waals surface area (Å²) in [5, 5.41) is 3.53. The van der Waals surface area contributed by atoms with Gasteiger partial charge >= 0.3 is 0 Å². The van der Waals surface area contributed by atoms with Crippen molar-refractivity contribution in [3.8, 4) is 0 Å². The summed E-state index contributed by atoms with van der Waals surface area (Å²) < 4.78 is 5.06. The van der Waals surface area contributed by atoms with Gasteiger partial charge in [-0.2, -0.15) is 0 Å². The first-order valence-corrected chi connectivity index (χ1v) is 7.50. The first-order chi connectivity index (χ1) is 8.30. The van der Waals surface area contributed by atoms with E-state index >= 15 is 0 Å². The van der Waals surface area contributed by atoms with Gasteiger partial charge in [0.1, 0.15) is 0 Å². The summed E-state index contributed by atoms with van der Waals surface area (Å²) in [6.07, 6.45) is 10.4. The van der Waals surface area contributed by atoms with Crippen LogP contribution < -0.4 is 5.32 Å². The zero-order valence-electron chi connectivity index (χ0n) is 11.6. The first-order valence-electron chi connectivity index (χ1n) is 7.50. The molecule has 2 saturated carbocycles. The molecule has 2 nitrogen and oxygen atoms in total. The molecule has 0 radical (unpaired) electrons. The van der Waals surface area contributed by atoms with Gasteiger partial charge in [0.2, 0.25) is 0 Å². The van der Waals surface area contributed by atoms with Crippen LogP contribution in [0.25, 0.3) is 0 Å². The highest BCUT2D eigenvalue weighted by molar-refractivity contribution is 5.04. The van der Waals surface area contributed by atoms with Crippen LogP contribution in [0.3, 0.4) is 0 Å². The van der Waals surface area contributed by atoms with Crippen LogP contribution in [0.4, 0.5) is 0 Å². The number of methoxy groups -OCH3 is 1. The van der Waals surface area contributed by atoms with E-state index < -0.39 is 0 Å². The molecule has 1 N–H and O–H groups in total. The molecule has 0 amide bonds. The number of ether oxygens (including phenoxy) is 1. The Bertz CT molecular complexity index is 221. The van der Waals surface area contributed by atoms with Crippen LogP contribution in [0.1, 0.15) is 51.9 Å². The lowest BCUT2D eigenvalue weighted by Crippen LogP contribution is -2.25. The maximum absolute atomic E-state index is 5.06. The van der Waals surface area contributed by atoms with Crippen molar-refractivity contribution < 1.29 is 4.74 Å². The monoisotopic (exact) mass is 239 g/mol. The van der Waals surface area contributed by atoms with E-state index in [0.717, 1.165) is 30.4 Å². The smallest absolute Gasteiger partial charge is 0.0587 e. The van der Waals surface area contributed by atoms with Crippen LogP contribution in [-0.2, 0) is 4.74 Å². The van der Waals surface area contributed by atoms with E-state index in [9.17, 15) is 0 Å². The largest absolute Gasteiger partial charge is 0.383 e. The molecule has 100 valence electrons. The van der Waals surface area contributed by atoms with Gasteiger partial charge in [0.25, 0.3) is 0 Å². The molecule has 1 atom stereocenters. The molecule has 2 aliphatic carbocycles. The quantitative estimate of drug-likeness (QED) is 0.689. The van der Waals surface area contributed by atoms with Gasteiger partial charge in [-0.25, -0.2) is 0 Å². The van der Waals surface area contributed by atoms with Crippen molar-refractivity contribution in [2.24, 2.45) is 17.3 Å². The summed E-state index contributed by atoms with van der Waals surface area (Å²) in [5.41, 5.74) is 0.768. The van der Waals surface area contributed by atoms with E-state index in [1.54, 1.807) is 7.11 Å². The number of rotatable bonds is 7. The summed E-state index contributed by atoms with van der Waals surface area (Å²) in [4.78, 5) is 0. The molecule has 1 unspecified atom stereocenters. The maximum Gasteiger partial charge on any atom is 0.0587 e. The van der Waals surface area contributed by atoms with Crippen LogP contribution in [0.2, 0.25) is 0 Å². The molecular weight excluding hydrogens is 210 g/mol. The Balaban J connectivity index is 1.61. The Kier molecular flexibility index (Phi) is 4.87. The van der Waals surface area contributed by atoms with Gasteiger partial charge in [-0.15, -0.1) is 0 Å². The van der Waals surface area contributed by atoms with Gasteiger partial charge in [-0.05, 0) is 55.9 Å². The Morgan fingerprint density at radius 3 is 2.71 bits per heavy atom. The van der Waals surface area contributed by atoms with Gasteiger partial charge in [0.05, 0.1) is 6.61 Å². The minimum atomic E-state index is 0.768. The van der Waals surface area contributed by atoms with Crippen molar-refractivity contribution in [3.63, 3.8) is 0 Å². The van der Waals surface area contributed by atoms with E-state index in [0.29, 0.717) is 0 Å². The third kappa shape index (κ3) is 3.45. The second-order valence-corrected chi connectivity index (χ2v) is 6.19. The van der Waals surface area contributed by atoms with Crippen molar-refractivity contribution in [3.05, 3.63) is 0 Å². The molecule has 2 heteroatoms. The third-order valence-electron chi connectivity index (χ3n) is 5.03. The van der Waals surface area contributed by atoms with E-state index in [4.69, 9.17) is 4.74 Å². The van der Waals surface area contributed by atoms with Gasteiger partial charge in [0, 0.05) is 13.7 Å². The van der Waals surface area contributed by atoms with Crippen molar-refractivity contribution in [2.45, 2.75) is 51.9 Å². The molecule has 2 fully saturated rings. The lowest BCUT2D eigenvalue weighted by atomic mass is 9.77. The lowest BCUT2D eigenvalue weighted by Gasteiger charge is -2.29. The van der Waals surface area contributed by atoms with Crippen LogP contribution in [0.15, 0.2) is 0 Å². The molecular formula is C15H29NO. The van der Waals surface area contributed by atoms with E-state index in [1.165, 1.54) is 51.5 Å². The molecule has 0 saturated heterocycles. The summed E-state index contributed by atoms with van der Waals surface area (Å²) in [7, 11) is 1.77. The minimum absolute atomic E-state index is 0.768. The molecule has 0 heterocycles. The van der Waals surface area contributed by atoms with E-state index in [2.05, 4.69) is 12.2 Å². The number of hydrogen-bond acceptors (Lipinski definition) is 2. The van der Waals surface area contributed by atoms with Gasteiger partial charge < -0.3 is 10.1 Å². The normalized spacial score (nSPS) is 36.4. The molecule has 17 heavy (non-hydrogen) atoms. The highest BCUT2D eigenvalue weighted by Crippen LogP contribution is 2.62. The molecule has 2 aliphatic rings. The maximum atomic E-state index is 5.06. The Morgan fingerprint density at radius 1 is 1.29 bits per heavy atom. The minimum Gasteiger partial charge on any atom is -0.383 e. The summed E-state index contributed by atoms with van der Waals surface area (Å²) in [6, 6.07) is 0. The third-order valence-corrected chi connectivity index (χ3v) is 5.03. The number of hydrogen-bond donors (Lipinski definition) is 1. The molecule has 2 rings (SSSR count). The van der Waals surface area contributed by atoms with Crippen molar-refractivity contribution in [1.29, 1.82) is 0 Å². The fourth-order valence-electron chi connectivity index (χ4n) is 3.73. The fourth-order valence-corrected chi connectivity index (χ4v) is 3.73. The molecule has 0 aromatic carbocycles. The highest BCUT2D eigenvalue weighted by Gasteiger charge is 2.53.